The number of hydrogen-bond acceptors (Lipinski definition) is 6. The summed E-state index contributed by atoms with van der Waals surface area (Å²) in [4.78, 5) is 28.3. The van der Waals surface area contributed by atoms with Crippen molar-refractivity contribution in [3.63, 3.8) is 0 Å². The van der Waals surface area contributed by atoms with Crippen LogP contribution >= 0.6 is 0 Å². The number of nitrogens with one attached hydrogen (secondary N) is 2. The van der Waals surface area contributed by atoms with Gasteiger partial charge in [0.05, 0.1) is 11.3 Å². The van der Waals surface area contributed by atoms with E-state index >= 15 is 0 Å². The summed E-state index contributed by atoms with van der Waals surface area (Å²) < 4.78 is 27.7. The van der Waals surface area contributed by atoms with Gasteiger partial charge in [-0.3, -0.25) is 9.52 Å². The lowest BCUT2D eigenvalue weighted by Crippen LogP contribution is -2.49. The third kappa shape index (κ3) is 4.83. The molecule has 4 aromatic rings. The molecule has 5 rings (SSSR count). The van der Waals surface area contributed by atoms with E-state index in [0.29, 0.717) is 32.6 Å². The first-order valence-corrected chi connectivity index (χ1v) is 12.9. The number of para-hydroxylation sites is 1. The number of carbonyl (C=O) groups excluding carboxylic acids is 1. The minimum absolute atomic E-state index is 0. The molecule has 2 N–H and O–H groups in total. The molecule has 0 atom stereocenters. The van der Waals surface area contributed by atoms with Crippen LogP contribution < -0.4 is 9.62 Å². The van der Waals surface area contributed by atoms with E-state index in [1.165, 1.54) is 18.6 Å². The first kappa shape index (κ1) is 22.9. The summed E-state index contributed by atoms with van der Waals surface area (Å²) in [7, 11) is -3.74. The van der Waals surface area contributed by atoms with Crippen molar-refractivity contribution < 1.29 is 14.6 Å². The minimum Gasteiger partial charge on any atom is -0.368 e. The number of hydrogen-bond donors (Lipinski definition) is 2. The predicted molar refractivity (Wildman–Crippen MR) is 137 cm³/mol. The second kappa shape index (κ2) is 9.38. The summed E-state index contributed by atoms with van der Waals surface area (Å²) >= 11 is 0. The quantitative estimate of drug-likeness (QED) is 0.428. The second-order valence-electron chi connectivity index (χ2n) is 8.51. The molecule has 1 aliphatic rings. The molecular formula is C25H28N6O3S. The van der Waals surface area contributed by atoms with Crippen LogP contribution in [0.15, 0.2) is 72.0 Å². The average molecular weight is 493 g/mol. The van der Waals surface area contributed by atoms with Gasteiger partial charge in [-0.05, 0) is 48.9 Å². The van der Waals surface area contributed by atoms with Crippen LogP contribution in [0.4, 0.5) is 11.5 Å². The molecule has 0 aliphatic carbocycles. The van der Waals surface area contributed by atoms with Crippen molar-refractivity contribution in [2.45, 2.75) is 18.2 Å². The van der Waals surface area contributed by atoms with E-state index in [1.54, 1.807) is 24.3 Å². The van der Waals surface area contributed by atoms with Gasteiger partial charge in [0, 0.05) is 56.1 Å². The zero-order chi connectivity index (χ0) is 24.4. The van der Waals surface area contributed by atoms with Gasteiger partial charge in [-0.1, -0.05) is 18.2 Å². The molecule has 2 aromatic carbocycles. The number of aromatic nitrogens is 3. The van der Waals surface area contributed by atoms with Crippen LogP contribution in [0.1, 0.15) is 12.7 Å². The Bertz CT molecular complexity index is 1450. The van der Waals surface area contributed by atoms with Crippen LogP contribution in [0.5, 0.6) is 0 Å². The first-order valence-electron chi connectivity index (χ1n) is 11.4. The molecule has 3 heterocycles. The Hall–Kier alpha value is -3.92. The highest BCUT2D eigenvalue weighted by atomic mass is 32.2. The third-order valence-corrected chi connectivity index (χ3v) is 7.69. The van der Waals surface area contributed by atoms with Gasteiger partial charge in [0.25, 0.3) is 10.0 Å². The SMILES string of the molecule is Cc1[nH]c2ccccc2c1CC(=O)N1CCN(c2ccc(S(=O)(=O)Nc3ccncn3)cc2)CC1.[HH]. The van der Waals surface area contributed by atoms with Crippen LogP contribution in [0.25, 0.3) is 10.9 Å². The van der Waals surface area contributed by atoms with Crippen molar-refractivity contribution in [1.82, 2.24) is 19.9 Å². The van der Waals surface area contributed by atoms with E-state index < -0.39 is 10.0 Å². The summed E-state index contributed by atoms with van der Waals surface area (Å²) in [5, 5.41) is 1.10. The summed E-state index contributed by atoms with van der Waals surface area (Å²) in [6.45, 7) is 4.62. The van der Waals surface area contributed by atoms with Crippen molar-refractivity contribution in [3.8, 4) is 0 Å². The molecule has 1 fully saturated rings. The monoisotopic (exact) mass is 492 g/mol. The number of fused-ring (bicyclic) bond motifs is 1. The number of amides is 1. The molecule has 35 heavy (non-hydrogen) atoms. The Kier molecular flexibility index (Phi) is 6.12. The van der Waals surface area contributed by atoms with Crippen LogP contribution in [0.3, 0.4) is 0 Å². The molecule has 0 radical (unpaired) electrons. The maximum atomic E-state index is 13.0. The second-order valence-corrected chi connectivity index (χ2v) is 10.2. The molecule has 0 saturated carbocycles. The van der Waals surface area contributed by atoms with Crippen LogP contribution in [0.2, 0.25) is 0 Å². The average Bonchev–Trinajstić information content (AvgIpc) is 3.19. The Morgan fingerprint density at radius 1 is 1.06 bits per heavy atom. The lowest BCUT2D eigenvalue weighted by molar-refractivity contribution is -0.130. The fourth-order valence-electron chi connectivity index (χ4n) is 4.42. The number of piperazine rings is 1. The summed E-state index contributed by atoms with van der Waals surface area (Å²) in [6, 6.07) is 16.3. The lowest BCUT2D eigenvalue weighted by atomic mass is 10.1. The van der Waals surface area contributed by atoms with E-state index in [1.807, 2.05) is 36.1 Å². The largest absolute Gasteiger partial charge is 0.368 e. The Morgan fingerprint density at radius 2 is 1.80 bits per heavy atom. The molecule has 10 heteroatoms. The summed E-state index contributed by atoms with van der Waals surface area (Å²) in [5.74, 6) is 0.336. The zero-order valence-corrected chi connectivity index (χ0v) is 20.1. The van der Waals surface area contributed by atoms with Crippen molar-refractivity contribution in [3.05, 3.63) is 78.4 Å². The highest BCUT2D eigenvalue weighted by Crippen LogP contribution is 2.24. The van der Waals surface area contributed by atoms with Crippen molar-refractivity contribution >= 4 is 38.3 Å². The molecule has 1 saturated heterocycles. The number of anilines is 2. The number of aryl methyl sites for hydroxylation is 1. The number of benzene rings is 2. The normalized spacial score (nSPS) is 14.3. The molecule has 1 amide bonds. The fraction of sp³-hybridized carbons (Fsp3) is 0.240. The third-order valence-electron chi connectivity index (χ3n) is 6.32. The summed E-state index contributed by atoms with van der Waals surface area (Å²) in [6.07, 6.45) is 3.13. The topological polar surface area (TPSA) is 111 Å². The van der Waals surface area contributed by atoms with Gasteiger partial charge in [-0.2, -0.15) is 0 Å². The predicted octanol–water partition coefficient (Wildman–Crippen LogP) is 3.20. The van der Waals surface area contributed by atoms with Gasteiger partial charge in [-0.25, -0.2) is 18.4 Å². The fourth-order valence-corrected chi connectivity index (χ4v) is 5.43. The van der Waals surface area contributed by atoms with E-state index in [0.717, 1.165) is 27.8 Å². The van der Waals surface area contributed by atoms with Crippen LogP contribution in [0, 0.1) is 6.92 Å². The molecule has 1 aliphatic heterocycles. The number of nitrogens with zero attached hydrogens (tertiary/aromatic N) is 4. The maximum Gasteiger partial charge on any atom is 0.263 e. The molecule has 0 spiro atoms. The Labute approximate surface area is 205 Å². The minimum atomic E-state index is -3.74. The van der Waals surface area contributed by atoms with Crippen molar-refractivity contribution in [2.24, 2.45) is 0 Å². The Balaban J connectivity index is 0.00000304. The number of H-pyrrole nitrogens is 1. The summed E-state index contributed by atoms with van der Waals surface area (Å²) in [5.41, 5.74) is 4.06. The van der Waals surface area contributed by atoms with Gasteiger partial charge in [0.1, 0.15) is 12.1 Å². The lowest BCUT2D eigenvalue weighted by Gasteiger charge is -2.36. The van der Waals surface area contributed by atoms with Crippen LogP contribution in [-0.2, 0) is 21.2 Å². The maximum absolute atomic E-state index is 13.0. The van der Waals surface area contributed by atoms with Gasteiger partial charge >= 0.3 is 0 Å². The molecule has 182 valence electrons. The zero-order valence-electron chi connectivity index (χ0n) is 19.3. The number of sulfonamides is 1. The Morgan fingerprint density at radius 3 is 2.51 bits per heavy atom. The van der Waals surface area contributed by atoms with E-state index in [2.05, 4.69) is 24.6 Å². The highest BCUT2D eigenvalue weighted by molar-refractivity contribution is 7.92. The van der Waals surface area contributed by atoms with E-state index in [-0.39, 0.29) is 18.0 Å². The van der Waals surface area contributed by atoms with Crippen molar-refractivity contribution in [1.29, 1.82) is 0 Å². The molecule has 0 unspecified atom stereocenters. The smallest absolute Gasteiger partial charge is 0.263 e. The standard InChI is InChI=1S/C25H26N6O3S.H2/c1-18-22(21-4-2-3-5-23(21)28-18)16-25(32)31-14-12-30(13-15-31)19-6-8-20(9-7-19)35(33,34)29-24-10-11-26-17-27-24;/h2-11,17,28H,12-16H2,1H3,(H,26,27,29);1H. The number of carbonyl (C=O) groups is 1. The van der Waals surface area contributed by atoms with E-state index in [9.17, 15) is 13.2 Å². The number of rotatable bonds is 6. The first-order chi connectivity index (χ1) is 16.9. The van der Waals surface area contributed by atoms with Crippen molar-refractivity contribution in [2.75, 3.05) is 35.8 Å². The van der Waals surface area contributed by atoms with Gasteiger partial charge in [0.15, 0.2) is 0 Å². The van der Waals surface area contributed by atoms with Gasteiger partial charge in [-0.15, -0.1) is 0 Å². The highest BCUT2D eigenvalue weighted by Gasteiger charge is 2.23. The van der Waals surface area contributed by atoms with Gasteiger partial charge in [0.2, 0.25) is 5.91 Å². The molecule has 0 bridgehead atoms. The van der Waals surface area contributed by atoms with E-state index in [4.69, 9.17) is 0 Å². The molecule has 9 nitrogen and oxygen atoms in total. The molecular weight excluding hydrogens is 464 g/mol. The van der Waals surface area contributed by atoms with Crippen LogP contribution in [-0.4, -0.2) is 60.4 Å². The number of aromatic amines is 1. The van der Waals surface area contributed by atoms with Gasteiger partial charge < -0.3 is 14.8 Å². The molecule has 2 aromatic heterocycles.